The zero-order valence-electron chi connectivity index (χ0n) is 19.1. The lowest BCUT2D eigenvalue weighted by atomic mass is 9.95. The second kappa shape index (κ2) is 10.2. The van der Waals surface area contributed by atoms with Gasteiger partial charge in [0.2, 0.25) is 0 Å². The van der Waals surface area contributed by atoms with E-state index in [-0.39, 0.29) is 23.7 Å². The van der Waals surface area contributed by atoms with E-state index in [1.807, 2.05) is 0 Å². The third-order valence-electron chi connectivity index (χ3n) is 5.92. The van der Waals surface area contributed by atoms with Gasteiger partial charge in [-0.25, -0.2) is 4.39 Å². The lowest BCUT2D eigenvalue weighted by molar-refractivity contribution is -0.139. The number of amides is 1. The minimum absolute atomic E-state index is 0.0522. The second-order valence-corrected chi connectivity index (χ2v) is 8.43. The Bertz CT molecular complexity index is 1310. The average Bonchev–Trinajstić information content (AvgIpc) is 3.12. The molecule has 180 valence electrons. The molecule has 0 radical (unpaired) electrons. The molecule has 4 rings (SSSR count). The van der Waals surface area contributed by atoms with E-state index in [0.29, 0.717) is 34.1 Å². The van der Waals surface area contributed by atoms with Gasteiger partial charge in [0.15, 0.2) is 11.5 Å². The van der Waals surface area contributed by atoms with Crippen LogP contribution >= 0.6 is 11.6 Å². The molecule has 3 aromatic carbocycles. The van der Waals surface area contributed by atoms with E-state index >= 15 is 0 Å². The Morgan fingerprint density at radius 3 is 2.37 bits per heavy atom. The van der Waals surface area contributed by atoms with E-state index in [2.05, 4.69) is 0 Å². The molecule has 0 spiro atoms. The molecule has 0 aliphatic carbocycles. The van der Waals surface area contributed by atoms with Crippen molar-refractivity contribution in [1.29, 1.82) is 0 Å². The summed E-state index contributed by atoms with van der Waals surface area (Å²) in [6.45, 7) is 0.168. The fourth-order valence-electron chi connectivity index (χ4n) is 4.17. The molecule has 1 saturated heterocycles. The third kappa shape index (κ3) is 4.86. The highest BCUT2D eigenvalue weighted by molar-refractivity contribution is 6.46. The third-order valence-corrected chi connectivity index (χ3v) is 6.15. The molecule has 0 bridgehead atoms. The van der Waals surface area contributed by atoms with Crippen LogP contribution in [0.25, 0.3) is 5.76 Å². The Kier molecular flexibility index (Phi) is 7.07. The molecular formula is C27H23ClFNO5. The highest BCUT2D eigenvalue weighted by atomic mass is 35.5. The van der Waals surface area contributed by atoms with Crippen molar-refractivity contribution in [3.05, 3.63) is 99.8 Å². The monoisotopic (exact) mass is 495 g/mol. The van der Waals surface area contributed by atoms with Gasteiger partial charge >= 0.3 is 0 Å². The van der Waals surface area contributed by atoms with Gasteiger partial charge in [-0.3, -0.25) is 9.59 Å². The van der Waals surface area contributed by atoms with E-state index in [1.165, 1.54) is 37.3 Å². The quantitative estimate of drug-likeness (QED) is 0.278. The van der Waals surface area contributed by atoms with Gasteiger partial charge in [0.25, 0.3) is 11.7 Å². The van der Waals surface area contributed by atoms with Gasteiger partial charge in [0.1, 0.15) is 11.6 Å². The molecule has 1 amide bonds. The summed E-state index contributed by atoms with van der Waals surface area (Å²) in [5.41, 5.74) is 1.63. The summed E-state index contributed by atoms with van der Waals surface area (Å²) < 4.78 is 24.0. The van der Waals surface area contributed by atoms with E-state index in [9.17, 15) is 19.1 Å². The molecule has 1 aliphatic heterocycles. The van der Waals surface area contributed by atoms with Crippen LogP contribution in [0.4, 0.5) is 4.39 Å². The highest BCUT2D eigenvalue weighted by Gasteiger charge is 2.46. The summed E-state index contributed by atoms with van der Waals surface area (Å²) >= 11 is 6.09. The van der Waals surface area contributed by atoms with Crippen LogP contribution in [-0.4, -0.2) is 42.5 Å². The fraction of sp³-hybridized carbons (Fsp3) is 0.185. The van der Waals surface area contributed by atoms with Crippen molar-refractivity contribution in [3.8, 4) is 11.5 Å². The van der Waals surface area contributed by atoms with Gasteiger partial charge in [0, 0.05) is 17.1 Å². The molecular weight excluding hydrogens is 473 g/mol. The number of hydrogen-bond donors (Lipinski definition) is 1. The van der Waals surface area contributed by atoms with Gasteiger partial charge in [-0.05, 0) is 53.9 Å². The first-order chi connectivity index (χ1) is 16.8. The van der Waals surface area contributed by atoms with E-state index in [1.54, 1.807) is 48.5 Å². The van der Waals surface area contributed by atoms with E-state index in [4.69, 9.17) is 21.1 Å². The van der Waals surface area contributed by atoms with Crippen molar-refractivity contribution in [1.82, 2.24) is 4.90 Å². The molecule has 3 aromatic rings. The minimum atomic E-state index is -0.880. The average molecular weight is 496 g/mol. The van der Waals surface area contributed by atoms with Gasteiger partial charge in [-0.2, -0.15) is 0 Å². The maximum atomic E-state index is 13.3. The number of benzene rings is 3. The Morgan fingerprint density at radius 2 is 1.71 bits per heavy atom. The summed E-state index contributed by atoms with van der Waals surface area (Å²) in [5, 5.41) is 11.5. The molecule has 1 fully saturated rings. The van der Waals surface area contributed by atoms with Gasteiger partial charge in [0.05, 0.1) is 25.8 Å². The first kappa shape index (κ1) is 24.3. The molecule has 8 heteroatoms. The first-order valence-electron chi connectivity index (χ1n) is 10.8. The number of ether oxygens (including phenoxy) is 2. The van der Waals surface area contributed by atoms with E-state index < -0.39 is 17.7 Å². The summed E-state index contributed by atoms with van der Waals surface area (Å²) in [6.07, 6.45) is 0.383. The normalized spacial score (nSPS) is 17.0. The summed E-state index contributed by atoms with van der Waals surface area (Å²) in [5.74, 6) is -1.33. The smallest absolute Gasteiger partial charge is 0.295 e. The topological polar surface area (TPSA) is 76.1 Å². The molecule has 1 aliphatic rings. The minimum Gasteiger partial charge on any atom is -0.507 e. The Hall–Kier alpha value is -3.84. The van der Waals surface area contributed by atoms with Crippen molar-refractivity contribution in [2.45, 2.75) is 12.5 Å². The summed E-state index contributed by atoms with van der Waals surface area (Å²) in [7, 11) is 2.99. The Labute approximate surface area is 207 Å². The molecule has 1 N–H and O–H groups in total. The second-order valence-electron chi connectivity index (χ2n) is 7.99. The van der Waals surface area contributed by atoms with Crippen molar-refractivity contribution >= 4 is 29.1 Å². The number of rotatable bonds is 7. The summed E-state index contributed by atoms with van der Waals surface area (Å²) in [6, 6.07) is 16.5. The van der Waals surface area contributed by atoms with Gasteiger partial charge < -0.3 is 19.5 Å². The van der Waals surface area contributed by atoms with Crippen molar-refractivity contribution in [3.63, 3.8) is 0 Å². The zero-order chi connectivity index (χ0) is 25.1. The maximum absolute atomic E-state index is 13.3. The SMILES string of the molecule is COc1ccc(C2/C(=C(/O)c3cccc(Cl)c3)C(=O)C(=O)N2CCc2ccc(F)cc2)cc1OC. The van der Waals surface area contributed by atoms with Crippen LogP contribution in [0.15, 0.2) is 72.3 Å². The van der Waals surface area contributed by atoms with Crippen LogP contribution < -0.4 is 9.47 Å². The number of halogens is 2. The molecule has 35 heavy (non-hydrogen) atoms. The lowest BCUT2D eigenvalue weighted by Crippen LogP contribution is -2.31. The number of likely N-dealkylation sites (tertiary alicyclic amines) is 1. The van der Waals surface area contributed by atoms with Gasteiger partial charge in [-0.15, -0.1) is 0 Å². The van der Waals surface area contributed by atoms with Crippen LogP contribution in [0.5, 0.6) is 11.5 Å². The molecule has 1 heterocycles. The molecule has 6 nitrogen and oxygen atoms in total. The number of carbonyl (C=O) groups is 2. The predicted molar refractivity (Wildman–Crippen MR) is 130 cm³/mol. The number of methoxy groups -OCH3 is 2. The largest absolute Gasteiger partial charge is 0.507 e. The number of hydrogen-bond acceptors (Lipinski definition) is 5. The fourth-order valence-corrected chi connectivity index (χ4v) is 4.36. The zero-order valence-corrected chi connectivity index (χ0v) is 19.9. The Morgan fingerprint density at radius 1 is 1.00 bits per heavy atom. The van der Waals surface area contributed by atoms with Crippen LogP contribution in [0.1, 0.15) is 22.7 Å². The number of aliphatic hydroxyl groups excluding tert-OH is 1. The number of nitrogens with zero attached hydrogens (tertiary/aromatic N) is 1. The molecule has 0 aromatic heterocycles. The van der Waals surface area contributed by atoms with Crippen molar-refractivity contribution in [2.24, 2.45) is 0 Å². The van der Waals surface area contributed by atoms with Crippen molar-refractivity contribution < 1.29 is 28.6 Å². The highest BCUT2D eigenvalue weighted by Crippen LogP contribution is 2.42. The van der Waals surface area contributed by atoms with Crippen LogP contribution in [0, 0.1) is 5.82 Å². The number of Topliss-reactive ketones (excluding diaryl/α,β-unsaturated/α-hetero) is 1. The predicted octanol–water partition coefficient (Wildman–Crippen LogP) is 5.16. The lowest BCUT2D eigenvalue weighted by Gasteiger charge is -2.26. The maximum Gasteiger partial charge on any atom is 0.295 e. The Balaban J connectivity index is 1.82. The van der Waals surface area contributed by atoms with Crippen LogP contribution in [0.2, 0.25) is 5.02 Å². The standard InChI is InChI=1S/C27H23ClFNO5/c1-34-21-11-8-17(15-22(21)35-2)24-23(25(31)18-4-3-5-19(28)14-18)26(32)27(33)30(24)13-12-16-6-9-20(29)10-7-16/h3-11,14-15,24,31H,12-13H2,1-2H3/b25-23-. The van der Waals surface area contributed by atoms with E-state index in [0.717, 1.165) is 5.56 Å². The number of carbonyl (C=O) groups excluding carboxylic acids is 2. The molecule has 1 unspecified atom stereocenters. The first-order valence-corrected chi connectivity index (χ1v) is 11.2. The van der Waals surface area contributed by atoms with Crippen LogP contribution in [0.3, 0.4) is 0 Å². The molecule has 0 saturated carbocycles. The summed E-state index contributed by atoms with van der Waals surface area (Å²) in [4.78, 5) is 27.7. The number of aliphatic hydroxyl groups is 1. The van der Waals surface area contributed by atoms with Crippen molar-refractivity contribution in [2.75, 3.05) is 20.8 Å². The van der Waals surface area contributed by atoms with Crippen LogP contribution in [-0.2, 0) is 16.0 Å². The number of ketones is 1. The van der Waals surface area contributed by atoms with Gasteiger partial charge in [-0.1, -0.05) is 41.9 Å². The molecule has 1 atom stereocenters.